The maximum Gasteiger partial charge on any atom is 0.222 e. The van der Waals surface area contributed by atoms with Gasteiger partial charge >= 0.3 is 0 Å². The van der Waals surface area contributed by atoms with E-state index in [2.05, 4.69) is 15.6 Å². The van der Waals surface area contributed by atoms with Crippen LogP contribution in [0, 0.1) is 0 Å². The Morgan fingerprint density at radius 2 is 2.25 bits per heavy atom. The van der Waals surface area contributed by atoms with Crippen LogP contribution in [0.3, 0.4) is 0 Å². The van der Waals surface area contributed by atoms with E-state index in [0.29, 0.717) is 31.1 Å². The first-order valence-electron chi connectivity index (χ1n) is 7.56. The molecule has 1 aliphatic carbocycles. The van der Waals surface area contributed by atoms with Gasteiger partial charge in [0.1, 0.15) is 5.69 Å². The number of aromatic nitrogens is 3. The summed E-state index contributed by atoms with van der Waals surface area (Å²) in [4.78, 5) is 11.9. The molecule has 0 bridgehead atoms. The average molecular weight is 280 g/mol. The molecule has 2 N–H and O–H groups in total. The molecule has 1 aromatic rings. The molecular formula is C14H24N4O2. The number of aliphatic hydroxyl groups is 1. The van der Waals surface area contributed by atoms with Crippen molar-refractivity contribution in [3.05, 3.63) is 11.9 Å². The molecule has 2 rings (SSSR count). The molecule has 1 saturated carbocycles. The minimum atomic E-state index is -0.570. The van der Waals surface area contributed by atoms with Crippen LogP contribution in [-0.2, 0) is 11.3 Å². The summed E-state index contributed by atoms with van der Waals surface area (Å²) in [7, 11) is 0. The van der Waals surface area contributed by atoms with Crippen LogP contribution in [0.15, 0.2) is 6.20 Å². The number of hydrogen-bond donors (Lipinski definition) is 2. The highest BCUT2D eigenvalue weighted by molar-refractivity contribution is 5.76. The number of hydrogen-bond acceptors (Lipinski definition) is 4. The van der Waals surface area contributed by atoms with Gasteiger partial charge in [-0.3, -0.25) is 9.48 Å². The van der Waals surface area contributed by atoms with Gasteiger partial charge in [-0.1, -0.05) is 31.4 Å². The van der Waals surface area contributed by atoms with Gasteiger partial charge in [0, 0.05) is 12.5 Å². The molecule has 6 heteroatoms. The number of nitrogens with zero attached hydrogens (tertiary/aromatic N) is 3. The van der Waals surface area contributed by atoms with E-state index in [1.165, 1.54) is 19.3 Å². The maximum atomic E-state index is 11.9. The average Bonchev–Trinajstić information content (AvgIpc) is 2.94. The van der Waals surface area contributed by atoms with E-state index < -0.39 is 6.10 Å². The van der Waals surface area contributed by atoms with Gasteiger partial charge < -0.3 is 10.4 Å². The fraction of sp³-hybridized carbons (Fsp3) is 0.786. The third-order valence-electron chi connectivity index (χ3n) is 3.82. The van der Waals surface area contributed by atoms with Crippen LogP contribution >= 0.6 is 0 Å². The predicted molar refractivity (Wildman–Crippen MR) is 74.9 cm³/mol. The zero-order valence-electron chi connectivity index (χ0n) is 12.1. The minimum Gasteiger partial charge on any atom is -0.387 e. The lowest BCUT2D eigenvalue weighted by molar-refractivity contribution is -0.122. The van der Waals surface area contributed by atoms with E-state index in [1.54, 1.807) is 10.9 Å². The lowest BCUT2D eigenvalue weighted by atomic mass is 9.95. The van der Waals surface area contributed by atoms with Crippen molar-refractivity contribution >= 4 is 5.91 Å². The molecule has 0 aromatic carbocycles. The molecule has 1 unspecified atom stereocenters. The third-order valence-corrected chi connectivity index (χ3v) is 3.82. The van der Waals surface area contributed by atoms with Crippen molar-refractivity contribution < 1.29 is 9.90 Å². The van der Waals surface area contributed by atoms with Crippen molar-refractivity contribution in [2.75, 3.05) is 0 Å². The van der Waals surface area contributed by atoms with E-state index in [9.17, 15) is 9.90 Å². The van der Waals surface area contributed by atoms with Crippen molar-refractivity contribution in [2.45, 2.75) is 70.6 Å². The standard InChI is InChI=1S/C14H24N4O2/c1-2-13(19)12-10-18(17-16-12)9-8-14(20)15-11-6-4-3-5-7-11/h10-11,13,19H,2-9H2,1H3,(H,15,20). The molecule has 0 aliphatic heterocycles. The first-order chi connectivity index (χ1) is 9.69. The lowest BCUT2D eigenvalue weighted by Crippen LogP contribution is -2.36. The lowest BCUT2D eigenvalue weighted by Gasteiger charge is -2.22. The number of amides is 1. The molecule has 1 atom stereocenters. The van der Waals surface area contributed by atoms with Gasteiger partial charge in [0.15, 0.2) is 0 Å². The van der Waals surface area contributed by atoms with Gasteiger partial charge in [-0.2, -0.15) is 0 Å². The van der Waals surface area contributed by atoms with Gasteiger partial charge in [-0.15, -0.1) is 5.10 Å². The quantitative estimate of drug-likeness (QED) is 0.828. The summed E-state index contributed by atoms with van der Waals surface area (Å²) in [6.07, 6.45) is 8.07. The monoisotopic (exact) mass is 280 g/mol. The Labute approximate surface area is 119 Å². The smallest absolute Gasteiger partial charge is 0.222 e. The first-order valence-corrected chi connectivity index (χ1v) is 7.56. The SMILES string of the molecule is CCC(O)c1cn(CCC(=O)NC2CCCCC2)nn1. The molecule has 0 radical (unpaired) electrons. The molecule has 20 heavy (non-hydrogen) atoms. The van der Waals surface area contributed by atoms with Crippen molar-refractivity contribution in [1.82, 2.24) is 20.3 Å². The van der Waals surface area contributed by atoms with Crippen LogP contribution < -0.4 is 5.32 Å². The van der Waals surface area contributed by atoms with Gasteiger partial charge in [-0.25, -0.2) is 0 Å². The fourth-order valence-corrected chi connectivity index (χ4v) is 2.55. The van der Waals surface area contributed by atoms with E-state index >= 15 is 0 Å². The Bertz CT molecular complexity index is 427. The highest BCUT2D eigenvalue weighted by Gasteiger charge is 2.16. The summed E-state index contributed by atoms with van der Waals surface area (Å²) in [6.45, 7) is 2.39. The van der Waals surface area contributed by atoms with E-state index in [0.717, 1.165) is 12.8 Å². The molecule has 1 heterocycles. The molecule has 112 valence electrons. The summed E-state index contributed by atoms with van der Waals surface area (Å²) >= 11 is 0. The van der Waals surface area contributed by atoms with Crippen LogP contribution in [0.5, 0.6) is 0 Å². The second-order valence-electron chi connectivity index (χ2n) is 5.48. The zero-order valence-corrected chi connectivity index (χ0v) is 12.1. The summed E-state index contributed by atoms with van der Waals surface area (Å²) < 4.78 is 1.62. The summed E-state index contributed by atoms with van der Waals surface area (Å²) in [5.74, 6) is 0.0741. The largest absolute Gasteiger partial charge is 0.387 e. The Hall–Kier alpha value is -1.43. The van der Waals surface area contributed by atoms with Crippen LogP contribution in [-0.4, -0.2) is 32.0 Å². The summed E-state index contributed by atoms with van der Waals surface area (Å²) in [5, 5.41) is 20.6. The van der Waals surface area contributed by atoms with Crippen molar-refractivity contribution in [2.24, 2.45) is 0 Å². The number of aryl methyl sites for hydroxylation is 1. The van der Waals surface area contributed by atoms with E-state index in [4.69, 9.17) is 0 Å². The second kappa shape index (κ2) is 7.38. The summed E-state index contributed by atoms with van der Waals surface area (Å²) in [6, 6.07) is 0.351. The molecule has 1 aromatic heterocycles. The highest BCUT2D eigenvalue weighted by Crippen LogP contribution is 2.17. The second-order valence-corrected chi connectivity index (χ2v) is 5.48. The van der Waals surface area contributed by atoms with Gasteiger partial charge in [-0.05, 0) is 19.3 Å². The number of carbonyl (C=O) groups is 1. The van der Waals surface area contributed by atoms with Gasteiger partial charge in [0.05, 0.1) is 18.8 Å². The number of rotatable bonds is 6. The van der Waals surface area contributed by atoms with Gasteiger partial charge in [0.25, 0.3) is 0 Å². The van der Waals surface area contributed by atoms with Crippen LogP contribution in [0.2, 0.25) is 0 Å². The molecule has 1 amide bonds. The Balaban J connectivity index is 1.73. The Kier molecular flexibility index (Phi) is 5.52. The topological polar surface area (TPSA) is 80.0 Å². The normalized spacial score (nSPS) is 17.9. The molecule has 6 nitrogen and oxygen atoms in total. The zero-order chi connectivity index (χ0) is 14.4. The molecular weight excluding hydrogens is 256 g/mol. The predicted octanol–water partition coefficient (Wildman–Crippen LogP) is 1.56. The van der Waals surface area contributed by atoms with Crippen molar-refractivity contribution in [1.29, 1.82) is 0 Å². The summed E-state index contributed by atoms with van der Waals surface area (Å²) in [5.41, 5.74) is 0.570. The van der Waals surface area contributed by atoms with Crippen molar-refractivity contribution in [3.63, 3.8) is 0 Å². The van der Waals surface area contributed by atoms with Crippen LogP contribution in [0.25, 0.3) is 0 Å². The number of nitrogens with one attached hydrogen (secondary N) is 1. The van der Waals surface area contributed by atoms with E-state index in [-0.39, 0.29) is 5.91 Å². The minimum absolute atomic E-state index is 0.0741. The number of carbonyl (C=O) groups excluding carboxylic acids is 1. The third kappa shape index (κ3) is 4.30. The van der Waals surface area contributed by atoms with Crippen LogP contribution in [0.4, 0.5) is 0 Å². The van der Waals surface area contributed by atoms with Crippen LogP contribution in [0.1, 0.15) is 63.7 Å². The maximum absolute atomic E-state index is 11.9. The fourth-order valence-electron chi connectivity index (χ4n) is 2.55. The van der Waals surface area contributed by atoms with E-state index in [1.807, 2.05) is 6.92 Å². The molecule has 1 aliphatic rings. The first kappa shape index (κ1) is 15.0. The number of aliphatic hydroxyl groups excluding tert-OH is 1. The molecule has 0 spiro atoms. The highest BCUT2D eigenvalue weighted by atomic mass is 16.3. The Morgan fingerprint density at radius 1 is 1.50 bits per heavy atom. The van der Waals surface area contributed by atoms with Crippen molar-refractivity contribution in [3.8, 4) is 0 Å². The Morgan fingerprint density at radius 3 is 2.95 bits per heavy atom. The molecule has 0 saturated heterocycles. The van der Waals surface area contributed by atoms with Gasteiger partial charge in [0.2, 0.25) is 5.91 Å². The molecule has 1 fully saturated rings.